The minimum absolute atomic E-state index is 0.154. The lowest BCUT2D eigenvalue weighted by molar-refractivity contribution is 0.242. The van der Waals surface area contributed by atoms with E-state index in [-0.39, 0.29) is 6.10 Å². The minimum Gasteiger partial charge on any atom is -0.491 e. The first-order chi connectivity index (χ1) is 14.1. The van der Waals surface area contributed by atoms with Crippen LogP contribution in [0.3, 0.4) is 0 Å². The summed E-state index contributed by atoms with van der Waals surface area (Å²) in [6.45, 7) is 6.11. The molecule has 2 heterocycles. The van der Waals surface area contributed by atoms with Crippen LogP contribution in [0.4, 0.5) is 0 Å². The number of fused-ring (bicyclic) bond motifs is 5. The molecule has 5 rings (SSSR count). The molecule has 0 fully saturated rings. The predicted octanol–water partition coefficient (Wildman–Crippen LogP) is 5.83. The van der Waals surface area contributed by atoms with Crippen molar-refractivity contribution in [2.45, 2.75) is 32.9 Å². The summed E-state index contributed by atoms with van der Waals surface area (Å²) >= 11 is 0. The molecule has 0 radical (unpaired) electrons. The van der Waals surface area contributed by atoms with Gasteiger partial charge in [0.2, 0.25) is 0 Å². The van der Waals surface area contributed by atoms with Crippen molar-refractivity contribution in [3.63, 3.8) is 0 Å². The molecule has 4 aromatic rings. The van der Waals surface area contributed by atoms with Crippen molar-refractivity contribution in [1.29, 1.82) is 0 Å². The van der Waals surface area contributed by atoms with E-state index < -0.39 is 0 Å². The normalized spacial score (nSPS) is 14.5. The fourth-order valence-electron chi connectivity index (χ4n) is 4.48. The summed E-state index contributed by atoms with van der Waals surface area (Å²) in [5.74, 6) is 0.899. The van der Waals surface area contributed by atoms with Crippen LogP contribution < -0.4 is 4.74 Å². The Labute approximate surface area is 171 Å². The van der Waals surface area contributed by atoms with Crippen molar-refractivity contribution in [2.24, 2.45) is 0 Å². The zero-order valence-electron chi connectivity index (χ0n) is 17.3. The molecule has 3 nitrogen and oxygen atoms in total. The van der Waals surface area contributed by atoms with E-state index in [1.807, 2.05) is 6.07 Å². The standard InChI is InChI=1S/C26H26N2O/c1-17(2)29-20-9-6-8-19(15-20)26-23-16-28(3)14-13-22(23)25-21-10-5-4-7-18(21)11-12-24(25)27-26/h4-12,15,17H,13-14,16H2,1-3H3. The molecule has 1 aliphatic rings. The Kier molecular flexibility index (Phi) is 4.48. The van der Waals surface area contributed by atoms with Crippen LogP contribution in [0.25, 0.3) is 32.9 Å². The summed E-state index contributed by atoms with van der Waals surface area (Å²) in [7, 11) is 2.19. The van der Waals surface area contributed by atoms with Crippen molar-refractivity contribution >= 4 is 21.7 Å². The van der Waals surface area contributed by atoms with Gasteiger partial charge in [-0.25, -0.2) is 4.98 Å². The second-order valence-electron chi connectivity index (χ2n) is 8.28. The number of benzene rings is 3. The second-order valence-corrected chi connectivity index (χ2v) is 8.28. The van der Waals surface area contributed by atoms with Crippen LogP contribution in [-0.4, -0.2) is 29.6 Å². The highest BCUT2D eigenvalue weighted by Crippen LogP contribution is 2.37. The lowest BCUT2D eigenvalue weighted by atomic mass is 9.89. The van der Waals surface area contributed by atoms with Crippen LogP contribution in [0.1, 0.15) is 25.0 Å². The zero-order chi connectivity index (χ0) is 20.0. The van der Waals surface area contributed by atoms with Gasteiger partial charge in [-0.2, -0.15) is 0 Å². The summed E-state index contributed by atoms with van der Waals surface area (Å²) in [6.07, 6.45) is 1.20. The van der Waals surface area contributed by atoms with Gasteiger partial charge >= 0.3 is 0 Å². The number of rotatable bonds is 3. The van der Waals surface area contributed by atoms with Crippen molar-refractivity contribution < 1.29 is 4.74 Å². The molecule has 146 valence electrons. The number of hydrogen-bond acceptors (Lipinski definition) is 3. The van der Waals surface area contributed by atoms with Gasteiger partial charge in [0, 0.05) is 24.0 Å². The first kappa shape index (κ1) is 18.1. The topological polar surface area (TPSA) is 25.4 Å². The number of aromatic nitrogens is 1. The van der Waals surface area contributed by atoms with E-state index in [2.05, 4.69) is 80.4 Å². The van der Waals surface area contributed by atoms with Gasteiger partial charge in [0.1, 0.15) is 5.75 Å². The Bertz CT molecular complexity index is 1210. The molecule has 0 amide bonds. The molecule has 3 heteroatoms. The third kappa shape index (κ3) is 3.26. The molecule has 1 aliphatic heterocycles. The zero-order valence-corrected chi connectivity index (χ0v) is 17.3. The molecular weight excluding hydrogens is 356 g/mol. The van der Waals surface area contributed by atoms with Gasteiger partial charge in [-0.05, 0) is 67.4 Å². The first-order valence-electron chi connectivity index (χ1n) is 10.4. The fourth-order valence-corrected chi connectivity index (χ4v) is 4.48. The summed E-state index contributed by atoms with van der Waals surface area (Å²) in [4.78, 5) is 7.57. The maximum absolute atomic E-state index is 5.95. The monoisotopic (exact) mass is 382 g/mol. The number of hydrogen-bond donors (Lipinski definition) is 0. The molecule has 0 saturated heterocycles. The molecule has 3 aromatic carbocycles. The smallest absolute Gasteiger partial charge is 0.120 e. The average Bonchev–Trinajstić information content (AvgIpc) is 2.72. The van der Waals surface area contributed by atoms with E-state index in [1.165, 1.54) is 27.3 Å². The van der Waals surface area contributed by atoms with E-state index in [0.29, 0.717) is 0 Å². The van der Waals surface area contributed by atoms with Gasteiger partial charge in [-0.15, -0.1) is 0 Å². The molecule has 1 aromatic heterocycles. The van der Waals surface area contributed by atoms with Crippen molar-refractivity contribution in [2.75, 3.05) is 13.6 Å². The largest absolute Gasteiger partial charge is 0.491 e. The molecular formula is C26H26N2O. The molecule has 0 aliphatic carbocycles. The Balaban J connectivity index is 1.79. The van der Waals surface area contributed by atoms with Crippen LogP contribution in [-0.2, 0) is 13.0 Å². The van der Waals surface area contributed by atoms with Gasteiger partial charge in [0.15, 0.2) is 0 Å². The highest BCUT2D eigenvalue weighted by atomic mass is 16.5. The SMILES string of the molecule is CC(C)Oc1cccc(-c2nc3ccc4ccccc4c3c3c2CN(C)CC3)c1. The average molecular weight is 383 g/mol. The Morgan fingerprint density at radius 1 is 0.966 bits per heavy atom. The van der Waals surface area contributed by atoms with E-state index in [9.17, 15) is 0 Å². The van der Waals surface area contributed by atoms with Gasteiger partial charge in [-0.1, -0.05) is 42.5 Å². The van der Waals surface area contributed by atoms with Crippen LogP contribution in [0, 0.1) is 0 Å². The van der Waals surface area contributed by atoms with Gasteiger partial charge in [0.25, 0.3) is 0 Å². The summed E-state index contributed by atoms with van der Waals surface area (Å²) in [6, 6.07) is 21.4. The predicted molar refractivity (Wildman–Crippen MR) is 120 cm³/mol. The Morgan fingerprint density at radius 2 is 1.83 bits per heavy atom. The van der Waals surface area contributed by atoms with Gasteiger partial charge < -0.3 is 9.64 Å². The van der Waals surface area contributed by atoms with E-state index >= 15 is 0 Å². The molecule has 0 atom stereocenters. The Hall–Kier alpha value is -2.91. The summed E-state index contributed by atoms with van der Waals surface area (Å²) in [5.41, 5.74) is 6.10. The highest BCUT2D eigenvalue weighted by molar-refractivity contribution is 6.09. The van der Waals surface area contributed by atoms with Crippen LogP contribution >= 0.6 is 0 Å². The summed E-state index contributed by atoms with van der Waals surface area (Å²) in [5, 5.41) is 3.91. The third-order valence-corrected chi connectivity index (χ3v) is 5.74. The molecule has 29 heavy (non-hydrogen) atoms. The minimum atomic E-state index is 0.154. The van der Waals surface area contributed by atoms with Crippen LogP contribution in [0.2, 0.25) is 0 Å². The molecule has 0 bridgehead atoms. The maximum atomic E-state index is 5.95. The van der Waals surface area contributed by atoms with Crippen molar-refractivity contribution in [3.8, 4) is 17.0 Å². The fraction of sp³-hybridized carbons (Fsp3) is 0.269. The molecule has 0 N–H and O–H groups in total. The molecule has 0 saturated carbocycles. The number of ether oxygens (including phenoxy) is 1. The number of pyridine rings is 1. The van der Waals surface area contributed by atoms with Crippen LogP contribution in [0.15, 0.2) is 60.7 Å². The second kappa shape index (κ2) is 7.16. The quantitative estimate of drug-likeness (QED) is 0.417. The molecule has 0 spiro atoms. The molecule has 0 unspecified atom stereocenters. The van der Waals surface area contributed by atoms with Crippen LogP contribution in [0.5, 0.6) is 5.75 Å². The highest BCUT2D eigenvalue weighted by Gasteiger charge is 2.23. The lowest BCUT2D eigenvalue weighted by Gasteiger charge is -2.28. The van der Waals surface area contributed by atoms with Crippen molar-refractivity contribution in [1.82, 2.24) is 9.88 Å². The number of likely N-dealkylation sites (N-methyl/N-ethyl adjacent to an activating group) is 1. The van der Waals surface area contributed by atoms with E-state index in [4.69, 9.17) is 9.72 Å². The first-order valence-corrected chi connectivity index (χ1v) is 10.4. The Morgan fingerprint density at radius 3 is 2.69 bits per heavy atom. The maximum Gasteiger partial charge on any atom is 0.120 e. The summed E-state index contributed by atoms with van der Waals surface area (Å²) < 4.78 is 5.95. The third-order valence-electron chi connectivity index (χ3n) is 5.74. The van der Waals surface area contributed by atoms with Crippen molar-refractivity contribution in [3.05, 3.63) is 71.8 Å². The van der Waals surface area contributed by atoms with E-state index in [1.54, 1.807) is 0 Å². The number of nitrogens with zero attached hydrogens (tertiary/aromatic N) is 2. The lowest BCUT2D eigenvalue weighted by Crippen LogP contribution is -2.27. The van der Waals surface area contributed by atoms with E-state index in [0.717, 1.165) is 42.0 Å². The van der Waals surface area contributed by atoms with Gasteiger partial charge in [0.05, 0.1) is 17.3 Å². The van der Waals surface area contributed by atoms with Gasteiger partial charge in [-0.3, -0.25) is 0 Å².